The molecule has 2 saturated heterocycles. The minimum atomic E-state index is 0.496. The van der Waals surface area contributed by atoms with Crippen molar-refractivity contribution in [3.63, 3.8) is 0 Å². The fourth-order valence-electron chi connectivity index (χ4n) is 5.21. The Labute approximate surface area is 187 Å². The van der Waals surface area contributed by atoms with Crippen LogP contribution in [0.15, 0.2) is 0 Å². The second-order valence-corrected chi connectivity index (χ2v) is 11.4. The number of ether oxygens (including phenoxy) is 1. The Hall–Kier alpha value is 0.270. The molecule has 0 saturated carbocycles. The van der Waals surface area contributed by atoms with E-state index in [1.807, 2.05) is 0 Å². The highest BCUT2D eigenvalue weighted by Crippen LogP contribution is 2.31. The zero-order valence-corrected chi connectivity index (χ0v) is 20.8. The standard InChI is InChI=1S/C26H52NOS/c1-3-4-5-6-7-8-9-10-11-12-13-14-15-16-17-20-26-28-25(24-29-26)23-27(2)21-18-19-22-27/h25-26H,3-24H2,1-2H3/q+1. The lowest BCUT2D eigenvalue weighted by Crippen LogP contribution is -2.47. The van der Waals surface area contributed by atoms with Crippen LogP contribution >= 0.6 is 11.8 Å². The summed E-state index contributed by atoms with van der Waals surface area (Å²) in [7, 11) is 2.43. The van der Waals surface area contributed by atoms with Crippen LogP contribution in [0.1, 0.15) is 122 Å². The highest BCUT2D eigenvalue weighted by atomic mass is 32.2. The summed E-state index contributed by atoms with van der Waals surface area (Å²) in [6, 6.07) is 0. The van der Waals surface area contributed by atoms with E-state index >= 15 is 0 Å². The van der Waals surface area contributed by atoms with Gasteiger partial charge in [0.15, 0.2) is 0 Å². The summed E-state index contributed by atoms with van der Waals surface area (Å²) < 4.78 is 7.62. The maximum atomic E-state index is 6.36. The van der Waals surface area contributed by atoms with Crippen LogP contribution in [0.5, 0.6) is 0 Å². The number of rotatable bonds is 18. The molecule has 172 valence electrons. The molecule has 0 aromatic rings. The molecule has 2 nitrogen and oxygen atoms in total. The smallest absolute Gasteiger partial charge is 0.117 e. The maximum Gasteiger partial charge on any atom is 0.117 e. The van der Waals surface area contributed by atoms with Gasteiger partial charge >= 0.3 is 0 Å². The third kappa shape index (κ3) is 12.0. The van der Waals surface area contributed by atoms with Crippen molar-refractivity contribution in [2.45, 2.75) is 134 Å². The van der Waals surface area contributed by atoms with E-state index in [0.717, 1.165) is 0 Å². The Morgan fingerprint density at radius 3 is 1.72 bits per heavy atom. The monoisotopic (exact) mass is 426 g/mol. The largest absolute Gasteiger partial charge is 0.358 e. The van der Waals surface area contributed by atoms with Crippen molar-refractivity contribution in [2.24, 2.45) is 0 Å². The number of likely N-dealkylation sites (N-methyl/N-ethyl adjacent to an activating group) is 1. The maximum absolute atomic E-state index is 6.36. The Balaban J connectivity index is 1.30. The van der Waals surface area contributed by atoms with E-state index in [4.69, 9.17) is 4.74 Å². The van der Waals surface area contributed by atoms with Gasteiger partial charge in [0, 0.05) is 18.6 Å². The van der Waals surface area contributed by atoms with Crippen molar-refractivity contribution in [1.29, 1.82) is 0 Å². The number of unbranched alkanes of at least 4 members (excludes halogenated alkanes) is 14. The predicted octanol–water partition coefficient (Wildman–Crippen LogP) is 7.95. The molecule has 3 heteroatoms. The van der Waals surface area contributed by atoms with Gasteiger partial charge in [0.1, 0.15) is 18.1 Å². The summed E-state index contributed by atoms with van der Waals surface area (Å²) in [6.45, 7) is 6.29. The molecule has 2 heterocycles. The van der Waals surface area contributed by atoms with Crippen molar-refractivity contribution >= 4 is 11.8 Å². The lowest BCUT2D eigenvalue weighted by atomic mass is 10.0. The lowest BCUT2D eigenvalue weighted by molar-refractivity contribution is -0.900. The van der Waals surface area contributed by atoms with Crippen LogP contribution in [0.3, 0.4) is 0 Å². The third-order valence-electron chi connectivity index (χ3n) is 7.15. The summed E-state index contributed by atoms with van der Waals surface area (Å²) in [5.74, 6) is 1.23. The average molecular weight is 427 g/mol. The number of hydrogen-bond donors (Lipinski definition) is 0. The molecule has 2 fully saturated rings. The highest BCUT2D eigenvalue weighted by molar-refractivity contribution is 8.00. The average Bonchev–Trinajstić information content (AvgIpc) is 3.34. The van der Waals surface area contributed by atoms with Gasteiger partial charge in [-0.05, 0) is 12.8 Å². The van der Waals surface area contributed by atoms with Gasteiger partial charge in [0.05, 0.1) is 20.1 Å². The molecule has 2 atom stereocenters. The van der Waals surface area contributed by atoms with Gasteiger partial charge in [-0.3, -0.25) is 0 Å². The van der Waals surface area contributed by atoms with Crippen molar-refractivity contribution in [2.75, 3.05) is 32.4 Å². The molecule has 2 aliphatic rings. The van der Waals surface area contributed by atoms with Crippen LogP contribution in [0.4, 0.5) is 0 Å². The van der Waals surface area contributed by atoms with Crippen molar-refractivity contribution in [3.05, 3.63) is 0 Å². The SMILES string of the molecule is CCCCCCCCCCCCCCCCCC1OC(C[N+]2(C)CCCC2)CS1. The normalized spacial score (nSPS) is 23.8. The van der Waals surface area contributed by atoms with Crippen LogP contribution in [0.25, 0.3) is 0 Å². The van der Waals surface area contributed by atoms with Gasteiger partial charge in [-0.2, -0.15) is 0 Å². The number of quaternary nitrogens is 1. The molecular weight excluding hydrogens is 374 g/mol. The molecular formula is C26H52NOS+. The summed E-state index contributed by atoms with van der Waals surface area (Å²) in [5.41, 5.74) is 0.496. The van der Waals surface area contributed by atoms with Crippen LogP contribution in [0.2, 0.25) is 0 Å². The van der Waals surface area contributed by atoms with Crippen molar-refractivity contribution in [1.82, 2.24) is 0 Å². The Kier molecular flexibility index (Phi) is 14.1. The first-order chi connectivity index (χ1) is 14.2. The quantitative estimate of drug-likeness (QED) is 0.162. The summed E-state index contributed by atoms with van der Waals surface area (Å²) in [6.07, 6.45) is 26.3. The topological polar surface area (TPSA) is 9.23 Å². The number of hydrogen-bond acceptors (Lipinski definition) is 2. The van der Waals surface area contributed by atoms with E-state index in [1.165, 1.54) is 145 Å². The molecule has 0 amide bonds. The molecule has 2 unspecified atom stereocenters. The molecule has 0 N–H and O–H groups in total. The third-order valence-corrected chi connectivity index (χ3v) is 8.43. The minimum absolute atomic E-state index is 0.496. The van der Waals surface area contributed by atoms with Gasteiger partial charge in [0.25, 0.3) is 0 Å². The fraction of sp³-hybridized carbons (Fsp3) is 1.00. The molecule has 2 aliphatic heterocycles. The van der Waals surface area contributed by atoms with Gasteiger partial charge in [-0.1, -0.05) is 96.8 Å². The van der Waals surface area contributed by atoms with Gasteiger partial charge < -0.3 is 9.22 Å². The summed E-state index contributed by atoms with van der Waals surface area (Å²) >= 11 is 2.09. The van der Waals surface area contributed by atoms with Gasteiger partial charge in [-0.15, -0.1) is 11.8 Å². The Bertz CT molecular complexity index is 383. The van der Waals surface area contributed by atoms with E-state index in [0.29, 0.717) is 11.5 Å². The zero-order chi connectivity index (χ0) is 20.6. The first-order valence-corrected chi connectivity index (χ1v) is 14.4. The molecule has 0 radical (unpaired) electrons. The molecule has 29 heavy (non-hydrogen) atoms. The first kappa shape index (κ1) is 25.5. The van der Waals surface area contributed by atoms with E-state index in [1.54, 1.807) is 0 Å². The van der Waals surface area contributed by atoms with Gasteiger partial charge in [-0.25, -0.2) is 0 Å². The zero-order valence-electron chi connectivity index (χ0n) is 20.0. The fourth-order valence-corrected chi connectivity index (χ4v) is 6.39. The van der Waals surface area contributed by atoms with Gasteiger partial charge in [0.2, 0.25) is 0 Å². The van der Waals surface area contributed by atoms with Crippen LogP contribution in [-0.2, 0) is 4.74 Å². The molecule has 2 rings (SSSR count). The second-order valence-electron chi connectivity index (χ2n) is 10.2. The lowest BCUT2D eigenvalue weighted by Gasteiger charge is -2.31. The van der Waals surface area contributed by atoms with Crippen LogP contribution in [-0.4, -0.2) is 48.5 Å². The first-order valence-electron chi connectivity index (χ1n) is 13.3. The van der Waals surface area contributed by atoms with Crippen LogP contribution in [0, 0.1) is 0 Å². The number of thioether (sulfide) groups is 1. The van der Waals surface area contributed by atoms with E-state index in [-0.39, 0.29) is 0 Å². The summed E-state index contributed by atoms with van der Waals surface area (Å²) in [4.78, 5) is 0. The van der Waals surface area contributed by atoms with Crippen LogP contribution < -0.4 is 0 Å². The predicted molar refractivity (Wildman–Crippen MR) is 131 cm³/mol. The second kappa shape index (κ2) is 16.0. The number of nitrogens with zero attached hydrogens (tertiary/aromatic N) is 1. The Morgan fingerprint density at radius 2 is 1.21 bits per heavy atom. The highest BCUT2D eigenvalue weighted by Gasteiger charge is 2.35. The van der Waals surface area contributed by atoms with E-state index < -0.39 is 0 Å². The molecule has 0 spiro atoms. The molecule has 0 aromatic carbocycles. The van der Waals surface area contributed by atoms with E-state index in [9.17, 15) is 0 Å². The molecule has 0 bridgehead atoms. The number of likely N-dealkylation sites (tertiary alicyclic amines) is 1. The minimum Gasteiger partial charge on any atom is -0.358 e. The summed E-state index contributed by atoms with van der Waals surface area (Å²) in [5, 5.41) is 0. The van der Waals surface area contributed by atoms with Crippen molar-refractivity contribution < 1.29 is 9.22 Å². The Morgan fingerprint density at radius 1 is 0.724 bits per heavy atom. The molecule has 0 aliphatic carbocycles. The molecule has 0 aromatic heterocycles. The van der Waals surface area contributed by atoms with Crippen molar-refractivity contribution in [3.8, 4) is 0 Å². The van der Waals surface area contributed by atoms with E-state index in [2.05, 4.69) is 25.7 Å².